The number of hydrogen-bond acceptors (Lipinski definition) is 3. The Bertz CT molecular complexity index is 668. The molecule has 1 spiro atoms. The van der Waals surface area contributed by atoms with Crippen LogP contribution < -0.4 is 5.32 Å². The van der Waals surface area contributed by atoms with Crippen LogP contribution in [-0.2, 0) is 11.3 Å². The highest BCUT2D eigenvalue weighted by atomic mass is 16.2. The topological polar surface area (TPSA) is 44.7 Å². The van der Waals surface area contributed by atoms with Gasteiger partial charge in [-0.2, -0.15) is 0 Å². The third kappa shape index (κ3) is 2.40. The molecule has 2 heterocycles. The van der Waals surface area contributed by atoms with Crippen LogP contribution in [0.2, 0.25) is 0 Å². The van der Waals surface area contributed by atoms with Gasteiger partial charge in [0.05, 0.1) is 0 Å². The third-order valence-corrected chi connectivity index (χ3v) is 5.84. The number of nitrogens with zero attached hydrogens (tertiary/aromatic N) is 2. The Balaban J connectivity index is 1.52. The van der Waals surface area contributed by atoms with Gasteiger partial charge >= 0.3 is 0 Å². The second kappa shape index (κ2) is 5.45. The van der Waals surface area contributed by atoms with Gasteiger partial charge in [-0.25, -0.2) is 0 Å². The van der Waals surface area contributed by atoms with E-state index < -0.39 is 5.54 Å². The maximum Gasteiger partial charge on any atom is 0.253 e. The van der Waals surface area contributed by atoms with Crippen LogP contribution in [0.5, 0.6) is 0 Å². The molecule has 1 aliphatic carbocycles. The standard InChI is InChI=1S/C19H25N3O/c1-3-17-20-18(23)19(21-17)8-7-15-11-22(12-16(15)19)10-14-6-4-5-13(2)9-14/h4-6,9,15-16H,3,7-8,10-12H2,1-2H3,(H,20,21,23)/t15-,16+,19-/m0/s1. The maximum absolute atomic E-state index is 12.6. The number of carbonyl (C=O) groups excluding carboxylic acids is 1. The summed E-state index contributed by atoms with van der Waals surface area (Å²) < 4.78 is 0. The SMILES string of the molecule is CCC1=N[C@]2(CC[C@H]3CN(Cc4cccc(C)c4)C[C@H]32)C(=O)N1. The molecule has 1 saturated heterocycles. The first-order chi connectivity index (χ1) is 11.1. The molecular formula is C19H25N3O. The van der Waals surface area contributed by atoms with Gasteiger partial charge < -0.3 is 5.32 Å². The molecule has 0 radical (unpaired) electrons. The average molecular weight is 311 g/mol. The lowest BCUT2D eigenvalue weighted by molar-refractivity contribution is -0.125. The Morgan fingerprint density at radius 1 is 1.39 bits per heavy atom. The van der Waals surface area contributed by atoms with Crippen molar-refractivity contribution >= 4 is 11.7 Å². The lowest BCUT2D eigenvalue weighted by Crippen LogP contribution is -2.44. The van der Waals surface area contributed by atoms with Crippen molar-refractivity contribution in [1.29, 1.82) is 0 Å². The molecule has 1 N–H and O–H groups in total. The van der Waals surface area contributed by atoms with E-state index in [2.05, 4.69) is 48.3 Å². The van der Waals surface area contributed by atoms with E-state index in [1.54, 1.807) is 0 Å². The lowest BCUT2D eigenvalue weighted by Gasteiger charge is -2.25. The summed E-state index contributed by atoms with van der Waals surface area (Å²) in [7, 11) is 0. The molecule has 1 saturated carbocycles. The van der Waals surface area contributed by atoms with Crippen LogP contribution in [0, 0.1) is 18.8 Å². The van der Waals surface area contributed by atoms with E-state index in [1.807, 2.05) is 0 Å². The Morgan fingerprint density at radius 3 is 3.00 bits per heavy atom. The molecule has 3 aliphatic rings. The van der Waals surface area contributed by atoms with E-state index in [1.165, 1.54) is 11.1 Å². The summed E-state index contributed by atoms with van der Waals surface area (Å²) in [6.45, 7) is 7.28. The van der Waals surface area contributed by atoms with Crippen molar-refractivity contribution in [2.24, 2.45) is 16.8 Å². The Kier molecular flexibility index (Phi) is 3.52. The first kappa shape index (κ1) is 14.9. The molecular weight excluding hydrogens is 286 g/mol. The van der Waals surface area contributed by atoms with Crippen molar-refractivity contribution < 1.29 is 4.79 Å². The summed E-state index contributed by atoms with van der Waals surface area (Å²) in [5, 5.41) is 3.01. The van der Waals surface area contributed by atoms with Gasteiger partial charge in [-0.1, -0.05) is 36.8 Å². The zero-order chi connectivity index (χ0) is 16.0. The van der Waals surface area contributed by atoms with Crippen molar-refractivity contribution in [3.63, 3.8) is 0 Å². The van der Waals surface area contributed by atoms with Gasteiger partial charge in [-0.05, 0) is 31.2 Å². The number of benzene rings is 1. The van der Waals surface area contributed by atoms with Gasteiger partial charge in [-0.15, -0.1) is 0 Å². The first-order valence-corrected chi connectivity index (χ1v) is 8.79. The molecule has 2 fully saturated rings. The average Bonchev–Trinajstić information content (AvgIpc) is 3.16. The van der Waals surface area contributed by atoms with E-state index in [0.717, 1.165) is 44.7 Å². The molecule has 0 aromatic heterocycles. The van der Waals surface area contributed by atoms with Gasteiger partial charge in [-0.3, -0.25) is 14.7 Å². The second-order valence-electron chi connectivity index (χ2n) is 7.38. The van der Waals surface area contributed by atoms with E-state index in [0.29, 0.717) is 11.8 Å². The minimum atomic E-state index is -0.461. The molecule has 1 aromatic rings. The monoisotopic (exact) mass is 311 g/mol. The van der Waals surface area contributed by atoms with Crippen molar-refractivity contribution in [1.82, 2.24) is 10.2 Å². The van der Waals surface area contributed by atoms with E-state index in [9.17, 15) is 4.79 Å². The second-order valence-corrected chi connectivity index (χ2v) is 7.38. The van der Waals surface area contributed by atoms with Crippen molar-refractivity contribution in [3.05, 3.63) is 35.4 Å². The number of fused-ring (bicyclic) bond motifs is 2. The van der Waals surface area contributed by atoms with Gasteiger partial charge in [0, 0.05) is 32.0 Å². The summed E-state index contributed by atoms with van der Waals surface area (Å²) in [5.41, 5.74) is 2.22. The molecule has 3 atom stereocenters. The smallest absolute Gasteiger partial charge is 0.253 e. The number of likely N-dealkylation sites (tertiary alicyclic amines) is 1. The maximum atomic E-state index is 12.6. The third-order valence-electron chi connectivity index (χ3n) is 5.84. The highest BCUT2D eigenvalue weighted by Crippen LogP contribution is 2.49. The predicted octanol–water partition coefficient (Wildman–Crippen LogP) is 2.51. The Labute approximate surface area is 138 Å². The number of carbonyl (C=O) groups is 1. The summed E-state index contributed by atoms with van der Waals surface area (Å²) in [6, 6.07) is 8.73. The number of hydrogen-bond donors (Lipinski definition) is 1. The summed E-state index contributed by atoms with van der Waals surface area (Å²) in [5.74, 6) is 2.04. The molecule has 1 aromatic carbocycles. The van der Waals surface area contributed by atoms with Gasteiger partial charge in [0.1, 0.15) is 11.4 Å². The molecule has 2 aliphatic heterocycles. The van der Waals surface area contributed by atoms with Crippen LogP contribution in [0.1, 0.15) is 37.3 Å². The van der Waals surface area contributed by atoms with Crippen LogP contribution >= 0.6 is 0 Å². The molecule has 23 heavy (non-hydrogen) atoms. The van der Waals surface area contributed by atoms with Crippen LogP contribution in [0.15, 0.2) is 29.3 Å². The van der Waals surface area contributed by atoms with Crippen LogP contribution in [-0.4, -0.2) is 35.3 Å². The summed E-state index contributed by atoms with van der Waals surface area (Å²) >= 11 is 0. The number of aliphatic imine (C=N–C) groups is 1. The van der Waals surface area contributed by atoms with Crippen molar-refractivity contribution in [2.45, 2.75) is 45.2 Å². The van der Waals surface area contributed by atoms with E-state index >= 15 is 0 Å². The fourth-order valence-electron chi connectivity index (χ4n) is 4.73. The molecule has 4 nitrogen and oxygen atoms in total. The van der Waals surface area contributed by atoms with Crippen LogP contribution in [0.4, 0.5) is 0 Å². The fourth-order valence-corrected chi connectivity index (χ4v) is 4.73. The van der Waals surface area contributed by atoms with Gasteiger partial charge in [0.15, 0.2) is 0 Å². The number of amides is 1. The Morgan fingerprint density at radius 2 is 2.26 bits per heavy atom. The number of nitrogens with one attached hydrogen (secondary N) is 1. The highest BCUT2D eigenvalue weighted by molar-refractivity contribution is 6.08. The van der Waals surface area contributed by atoms with E-state index in [-0.39, 0.29) is 5.91 Å². The minimum absolute atomic E-state index is 0.152. The Hall–Kier alpha value is -1.68. The van der Waals surface area contributed by atoms with Crippen LogP contribution in [0.25, 0.3) is 0 Å². The highest BCUT2D eigenvalue weighted by Gasteiger charge is 2.58. The molecule has 0 unspecified atom stereocenters. The number of amidine groups is 1. The molecule has 1 amide bonds. The quantitative estimate of drug-likeness (QED) is 0.932. The number of aryl methyl sites for hydroxylation is 1. The minimum Gasteiger partial charge on any atom is -0.312 e. The zero-order valence-electron chi connectivity index (χ0n) is 14.0. The van der Waals surface area contributed by atoms with Gasteiger partial charge in [0.25, 0.3) is 5.91 Å². The van der Waals surface area contributed by atoms with Crippen LogP contribution in [0.3, 0.4) is 0 Å². The predicted molar refractivity (Wildman–Crippen MR) is 91.3 cm³/mol. The molecule has 122 valence electrons. The number of rotatable bonds is 3. The molecule has 4 rings (SSSR count). The fraction of sp³-hybridized carbons (Fsp3) is 0.579. The molecule has 0 bridgehead atoms. The zero-order valence-corrected chi connectivity index (χ0v) is 14.0. The van der Waals surface area contributed by atoms with Gasteiger partial charge in [0.2, 0.25) is 0 Å². The first-order valence-electron chi connectivity index (χ1n) is 8.79. The summed E-state index contributed by atoms with van der Waals surface area (Å²) in [4.78, 5) is 19.9. The van der Waals surface area contributed by atoms with Crippen molar-refractivity contribution in [2.75, 3.05) is 13.1 Å². The normalized spacial score (nSPS) is 33.1. The largest absolute Gasteiger partial charge is 0.312 e. The summed E-state index contributed by atoms with van der Waals surface area (Å²) in [6.07, 6.45) is 2.87. The lowest BCUT2D eigenvalue weighted by atomic mass is 9.85. The van der Waals surface area contributed by atoms with Crippen molar-refractivity contribution in [3.8, 4) is 0 Å². The molecule has 4 heteroatoms. The van der Waals surface area contributed by atoms with E-state index in [4.69, 9.17) is 4.99 Å².